The largest absolute Gasteiger partial charge is 0.452 e. The van der Waals surface area contributed by atoms with Gasteiger partial charge in [0.2, 0.25) is 0 Å². The van der Waals surface area contributed by atoms with Crippen molar-refractivity contribution in [2.24, 2.45) is 0 Å². The molecule has 0 heterocycles. The number of hydrogen-bond donors (Lipinski definition) is 1. The fourth-order valence-electron chi connectivity index (χ4n) is 2.03. The molecule has 0 bridgehead atoms. The zero-order chi connectivity index (χ0) is 18.1. The zero-order valence-corrected chi connectivity index (χ0v) is 15.0. The molecular formula is C19H17BrFNO3. The van der Waals surface area contributed by atoms with Gasteiger partial charge >= 0.3 is 5.97 Å². The van der Waals surface area contributed by atoms with Crippen LogP contribution in [0.3, 0.4) is 0 Å². The standard InChI is InChI=1S/C19H17BrFNO3/c20-16-7-8-17(21)15(12-16)6-9-19(24)25-13-18(23)22-11-10-14-4-2-1-3-5-14/h1-9,12H,10-11,13H2,(H,22,23)/b9-6+. The van der Waals surface area contributed by atoms with Gasteiger partial charge in [-0.2, -0.15) is 0 Å². The van der Waals surface area contributed by atoms with Crippen LogP contribution in [0.15, 0.2) is 59.1 Å². The summed E-state index contributed by atoms with van der Waals surface area (Å²) in [5.74, 6) is -1.55. The molecule has 0 saturated carbocycles. The van der Waals surface area contributed by atoms with Crippen molar-refractivity contribution in [2.75, 3.05) is 13.2 Å². The van der Waals surface area contributed by atoms with Crippen molar-refractivity contribution in [3.63, 3.8) is 0 Å². The second kappa shape index (κ2) is 9.74. The van der Waals surface area contributed by atoms with E-state index < -0.39 is 11.8 Å². The molecule has 0 radical (unpaired) electrons. The Labute approximate surface area is 153 Å². The number of benzene rings is 2. The van der Waals surface area contributed by atoms with Crippen LogP contribution in [0, 0.1) is 5.82 Å². The van der Waals surface area contributed by atoms with Crippen molar-refractivity contribution >= 4 is 33.9 Å². The van der Waals surface area contributed by atoms with Crippen molar-refractivity contribution in [3.05, 3.63) is 76.0 Å². The lowest BCUT2D eigenvalue weighted by Crippen LogP contribution is -2.30. The molecule has 0 aromatic heterocycles. The number of esters is 1. The molecule has 0 fully saturated rings. The van der Waals surface area contributed by atoms with Gasteiger partial charge in [0, 0.05) is 22.7 Å². The molecule has 0 aliphatic heterocycles. The minimum atomic E-state index is -0.711. The van der Waals surface area contributed by atoms with Gasteiger partial charge in [0.1, 0.15) is 5.82 Å². The van der Waals surface area contributed by atoms with Crippen molar-refractivity contribution in [3.8, 4) is 0 Å². The van der Waals surface area contributed by atoms with E-state index >= 15 is 0 Å². The molecule has 0 atom stereocenters. The number of ether oxygens (including phenoxy) is 1. The first-order valence-corrected chi connectivity index (χ1v) is 8.44. The van der Waals surface area contributed by atoms with E-state index in [9.17, 15) is 14.0 Å². The van der Waals surface area contributed by atoms with Crippen molar-refractivity contribution < 1.29 is 18.7 Å². The molecule has 0 aliphatic rings. The van der Waals surface area contributed by atoms with Crippen LogP contribution in [-0.2, 0) is 20.7 Å². The average Bonchev–Trinajstić information content (AvgIpc) is 2.61. The summed E-state index contributed by atoms with van der Waals surface area (Å²) in [6.07, 6.45) is 3.08. The summed E-state index contributed by atoms with van der Waals surface area (Å²) in [6.45, 7) is 0.0818. The summed E-state index contributed by atoms with van der Waals surface area (Å²) in [5.41, 5.74) is 1.36. The van der Waals surface area contributed by atoms with Crippen molar-refractivity contribution in [1.82, 2.24) is 5.32 Å². The van der Waals surface area contributed by atoms with Crippen LogP contribution in [-0.4, -0.2) is 25.0 Å². The first-order chi connectivity index (χ1) is 12.0. The summed E-state index contributed by atoms with van der Waals surface area (Å²) in [7, 11) is 0. The first-order valence-electron chi connectivity index (χ1n) is 7.65. The normalized spacial score (nSPS) is 10.6. The van der Waals surface area contributed by atoms with Crippen LogP contribution in [0.4, 0.5) is 4.39 Å². The Kier molecular flexibility index (Phi) is 7.35. The van der Waals surface area contributed by atoms with Gasteiger partial charge in [-0.05, 0) is 36.3 Å². The van der Waals surface area contributed by atoms with Gasteiger partial charge in [-0.1, -0.05) is 46.3 Å². The fraction of sp³-hybridized carbons (Fsp3) is 0.158. The molecule has 130 valence electrons. The number of carbonyl (C=O) groups excluding carboxylic acids is 2. The molecule has 6 heteroatoms. The lowest BCUT2D eigenvalue weighted by atomic mass is 10.1. The van der Waals surface area contributed by atoms with Crippen LogP contribution < -0.4 is 5.32 Å². The van der Waals surface area contributed by atoms with E-state index in [-0.39, 0.29) is 18.1 Å². The molecule has 0 unspecified atom stereocenters. The Morgan fingerprint density at radius 2 is 1.92 bits per heavy atom. The van der Waals surface area contributed by atoms with Crippen molar-refractivity contribution in [2.45, 2.75) is 6.42 Å². The summed E-state index contributed by atoms with van der Waals surface area (Å²) < 4.78 is 19.0. The van der Waals surface area contributed by atoms with Crippen LogP contribution in [0.25, 0.3) is 6.08 Å². The van der Waals surface area contributed by atoms with Gasteiger partial charge in [0.05, 0.1) is 0 Å². The molecule has 2 rings (SSSR count). The summed E-state index contributed by atoms with van der Waals surface area (Å²) in [6, 6.07) is 14.1. The number of nitrogens with one attached hydrogen (secondary N) is 1. The third kappa shape index (κ3) is 6.89. The van der Waals surface area contributed by atoms with Gasteiger partial charge in [-0.25, -0.2) is 9.18 Å². The lowest BCUT2D eigenvalue weighted by Gasteiger charge is -2.05. The third-order valence-electron chi connectivity index (χ3n) is 3.28. The SMILES string of the molecule is O=C(COC(=O)/C=C/c1cc(Br)ccc1F)NCCc1ccccc1. The van der Waals surface area contributed by atoms with Crippen LogP contribution in [0.5, 0.6) is 0 Å². The highest BCUT2D eigenvalue weighted by Gasteiger charge is 2.05. The quantitative estimate of drug-likeness (QED) is 0.566. The number of carbonyl (C=O) groups is 2. The van der Waals surface area contributed by atoms with Gasteiger partial charge < -0.3 is 10.1 Å². The second-order valence-electron chi connectivity index (χ2n) is 5.19. The molecule has 25 heavy (non-hydrogen) atoms. The van der Waals surface area contributed by atoms with Crippen LogP contribution in [0.1, 0.15) is 11.1 Å². The molecule has 0 spiro atoms. The third-order valence-corrected chi connectivity index (χ3v) is 3.77. The highest BCUT2D eigenvalue weighted by molar-refractivity contribution is 9.10. The Morgan fingerprint density at radius 3 is 2.68 bits per heavy atom. The zero-order valence-electron chi connectivity index (χ0n) is 13.4. The highest BCUT2D eigenvalue weighted by Crippen LogP contribution is 2.16. The minimum absolute atomic E-state index is 0.249. The van der Waals surface area contributed by atoms with Gasteiger partial charge in [0.15, 0.2) is 6.61 Å². The monoisotopic (exact) mass is 405 g/mol. The van der Waals surface area contributed by atoms with E-state index in [2.05, 4.69) is 21.2 Å². The number of amides is 1. The van der Waals surface area contributed by atoms with E-state index in [1.54, 1.807) is 6.07 Å². The smallest absolute Gasteiger partial charge is 0.331 e. The maximum absolute atomic E-state index is 13.5. The Balaban J connectivity index is 1.71. The maximum Gasteiger partial charge on any atom is 0.331 e. The highest BCUT2D eigenvalue weighted by atomic mass is 79.9. The Morgan fingerprint density at radius 1 is 1.16 bits per heavy atom. The lowest BCUT2D eigenvalue weighted by molar-refractivity contribution is -0.143. The van der Waals surface area contributed by atoms with Crippen LogP contribution >= 0.6 is 15.9 Å². The molecule has 1 N–H and O–H groups in total. The summed E-state index contributed by atoms with van der Waals surface area (Å²) in [5, 5.41) is 2.67. The number of halogens is 2. The Hall–Kier alpha value is -2.47. The van der Waals surface area contributed by atoms with Gasteiger partial charge in [-0.15, -0.1) is 0 Å². The molecule has 0 aliphatic carbocycles. The van der Waals surface area contributed by atoms with E-state index in [4.69, 9.17) is 4.74 Å². The molecular weight excluding hydrogens is 389 g/mol. The van der Waals surface area contributed by atoms with E-state index in [0.717, 1.165) is 11.6 Å². The average molecular weight is 406 g/mol. The topological polar surface area (TPSA) is 55.4 Å². The molecule has 4 nitrogen and oxygen atoms in total. The van der Waals surface area contributed by atoms with Crippen molar-refractivity contribution in [1.29, 1.82) is 0 Å². The van der Waals surface area contributed by atoms with Gasteiger partial charge in [-0.3, -0.25) is 4.79 Å². The van der Waals surface area contributed by atoms with E-state index in [1.807, 2.05) is 30.3 Å². The van der Waals surface area contributed by atoms with E-state index in [0.29, 0.717) is 17.4 Å². The maximum atomic E-state index is 13.5. The second-order valence-corrected chi connectivity index (χ2v) is 6.11. The number of hydrogen-bond acceptors (Lipinski definition) is 3. The molecule has 2 aromatic rings. The predicted molar refractivity (Wildman–Crippen MR) is 97.2 cm³/mol. The predicted octanol–water partition coefficient (Wildman–Crippen LogP) is 3.50. The molecule has 1 amide bonds. The minimum Gasteiger partial charge on any atom is -0.452 e. The Bertz CT molecular complexity index is 763. The molecule has 0 saturated heterocycles. The summed E-state index contributed by atoms with van der Waals surface area (Å²) in [4.78, 5) is 23.2. The first kappa shape index (κ1) is 18.9. The number of rotatable bonds is 7. The fourth-order valence-corrected chi connectivity index (χ4v) is 2.41. The van der Waals surface area contributed by atoms with E-state index in [1.165, 1.54) is 18.2 Å². The summed E-state index contributed by atoms with van der Waals surface area (Å²) >= 11 is 3.22. The van der Waals surface area contributed by atoms with Gasteiger partial charge in [0.25, 0.3) is 5.91 Å². The molecule has 2 aromatic carbocycles. The van der Waals surface area contributed by atoms with Crippen LogP contribution in [0.2, 0.25) is 0 Å².